The molecule has 1 aliphatic rings. The molecule has 0 unspecified atom stereocenters. The molecule has 0 saturated carbocycles. The van der Waals surface area contributed by atoms with Crippen LogP contribution >= 0.6 is 0 Å². The van der Waals surface area contributed by atoms with Crippen molar-refractivity contribution in [1.82, 2.24) is 0 Å². The Labute approximate surface area is 120 Å². The molecule has 1 heterocycles. The third-order valence-electron chi connectivity index (χ3n) is 3.46. The van der Waals surface area contributed by atoms with Crippen LogP contribution in [0, 0.1) is 0 Å². The Hall–Kier alpha value is -1.77. The first-order valence-corrected chi connectivity index (χ1v) is 7.19. The van der Waals surface area contributed by atoms with Crippen LogP contribution in [0.2, 0.25) is 0 Å². The Morgan fingerprint density at radius 1 is 1.20 bits per heavy atom. The average molecular weight is 274 g/mol. The molecular weight excluding hydrogens is 252 g/mol. The molecule has 1 aromatic rings. The maximum Gasteiger partial charge on any atom is 0.231 e. The highest BCUT2D eigenvalue weighted by atomic mass is 16.7. The van der Waals surface area contributed by atoms with Crippen molar-refractivity contribution in [1.29, 1.82) is 0 Å². The summed E-state index contributed by atoms with van der Waals surface area (Å²) in [5, 5.41) is 0. The van der Waals surface area contributed by atoms with Gasteiger partial charge in [0.25, 0.3) is 0 Å². The van der Waals surface area contributed by atoms with E-state index in [0.29, 0.717) is 13.2 Å². The zero-order valence-corrected chi connectivity index (χ0v) is 12.3. The average Bonchev–Trinajstić information content (AvgIpc) is 2.85. The van der Waals surface area contributed by atoms with E-state index in [0.717, 1.165) is 37.2 Å². The van der Waals surface area contributed by atoms with Gasteiger partial charge in [-0.25, -0.2) is 0 Å². The second-order valence-electron chi connectivity index (χ2n) is 5.33. The van der Waals surface area contributed by atoms with Gasteiger partial charge in [-0.2, -0.15) is 0 Å². The van der Waals surface area contributed by atoms with Gasteiger partial charge in [-0.3, -0.25) is 0 Å². The Balaban J connectivity index is 1.76. The van der Waals surface area contributed by atoms with Gasteiger partial charge in [0.1, 0.15) is 5.78 Å². The number of rotatable bonds is 7. The van der Waals surface area contributed by atoms with Crippen LogP contribution < -0.4 is 9.47 Å². The van der Waals surface area contributed by atoms with E-state index >= 15 is 0 Å². The first kappa shape index (κ1) is 14.6. The lowest BCUT2D eigenvalue weighted by molar-refractivity contribution is -0.117. The quantitative estimate of drug-likeness (QED) is 0.703. The Bertz CT molecular complexity index is 503. The van der Waals surface area contributed by atoms with Crippen LogP contribution in [0.3, 0.4) is 0 Å². The Morgan fingerprint density at radius 3 is 2.80 bits per heavy atom. The molecule has 0 aliphatic carbocycles. The largest absolute Gasteiger partial charge is 0.454 e. The number of carbonyl (C=O) groups is 1. The number of fused-ring (bicyclic) bond motifs is 1. The molecule has 0 aromatic heterocycles. The Morgan fingerprint density at radius 2 is 2.00 bits per heavy atom. The van der Waals surface area contributed by atoms with E-state index in [-0.39, 0.29) is 5.78 Å². The van der Waals surface area contributed by atoms with E-state index < -0.39 is 0 Å². The molecule has 0 radical (unpaired) electrons. The maximum absolute atomic E-state index is 10.9. The van der Waals surface area contributed by atoms with Crippen LogP contribution in [0.4, 0.5) is 0 Å². The van der Waals surface area contributed by atoms with Crippen molar-refractivity contribution in [2.45, 2.75) is 46.0 Å². The summed E-state index contributed by atoms with van der Waals surface area (Å²) in [5.41, 5.74) is 2.63. The fraction of sp³-hybridized carbons (Fsp3) is 0.471. The van der Waals surface area contributed by atoms with Gasteiger partial charge in [0, 0.05) is 6.42 Å². The molecule has 1 aliphatic heterocycles. The van der Waals surface area contributed by atoms with Crippen molar-refractivity contribution in [2.24, 2.45) is 0 Å². The SMILES string of the molecule is CC(=O)CCCC(C)=CCCc1ccc2c(c1)OCO2. The molecule has 20 heavy (non-hydrogen) atoms. The molecule has 2 rings (SSSR count). The smallest absolute Gasteiger partial charge is 0.231 e. The molecule has 0 bridgehead atoms. The van der Waals surface area contributed by atoms with E-state index in [1.165, 1.54) is 11.1 Å². The molecule has 0 spiro atoms. The van der Waals surface area contributed by atoms with Gasteiger partial charge in [0.2, 0.25) is 6.79 Å². The summed E-state index contributed by atoms with van der Waals surface area (Å²) in [4.78, 5) is 10.9. The monoisotopic (exact) mass is 274 g/mol. The van der Waals surface area contributed by atoms with Gasteiger partial charge >= 0.3 is 0 Å². The predicted octanol–water partition coefficient (Wildman–Crippen LogP) is 4.05. The van der Waals surface area contributed by atoms with Gasteiger partial charge in [0.05, 0.1) is 0 Å². The third kappa shape index (κ3) is 4.41. The van der Waals surface area contributed by atoms with Crippen molar-refractivity contribution < 1.29 is 14.3 Å². The molecule has 1 aromatic carbocycles. The van der Waals surface area contributed by atoms with Crippen molar-refractivity contribution in [3.8, 4) is 11.5 Å². The molecule has 0 amide bonds. The van der Waals surface area contributed by atoms with Crippen LogP contribution in [0.25, 0.3) is 0 Å². The number of hydrogen-bond acceptors (Lipinski definition) is 3. The minimum Gasteiger partial charge on any atom is -0.454 e. The first-order chi connectivity index (χ1) is 9.65. The normalized spacial score (nSPS) is 13.6. The molecule has 3 heteroatoms. The van der Waals surface area contributed by atoms with E-state index in [4.69, 9.17) is 9.47 Å². The van der Waals surface area contributed by atoms with E-state index in [9.17, 15) is 4.79 Å². The predicted molar refractivity (Wildman–Crippen MR) is 79.2 cm³/mol. The molecule has 0 N–H and O–H groups in total. The van der Waals surface area contributed by atoms with E-state index in [2.05, 4.69) is 25.1 Å². The minimum atomic E-state index is 0.276. The topological polar surface area (TPSA) is 35.5 Å². The lowest BCUT2D eigenvalue weighted by atomic mass is 10.0. The number of benzene rings is 1. The van der Waals surface area contributed by atoms with Crippen molar-refractivity contribution in [3.05, 3.63) is 35.4 Å². The van der Waals surface area contributed by atoms with Crippen LogP contribution in [0.1, 0.15) is 45.1 Å². The third-order valence-corrected chi connectivity index (χ3v) is 3.46. The highest BCUT2D eigenvalue weighted by Crippen LogP contribution is 2.32. The van der Waals surface area contributed by atoms with Gasteiger partial charge < -0.3 is 14.3 Å². The number of Topliss-reactive ketones (excluding diaryl/α,β-unsaturated/α-hetero) is 1. The standard InChI is InChI=1S/C17H22O3/c1-13(5-3-7-14(2)18)6-4-8-15-9-10-16-17(11-15)20-12-19-16/h6,9-11H,3-5,7-8,12H2,1-2H3. The first-order valence-electron chi connectivity index (χ1n) is 7.19. The second-order valence-corrected chi connectivity index (χ2v) is 5.33. The number of ketones is 1. The number of carbonyl (C=O) groups excluding carboxylic acids is 1. The fourth-order valence-electron chi connectivity index (χ4n) is 2.30. The zero-order valence-electron chi connectivity index (χ0n) is 12.3. The minimum absolute atomic E-state index is 0.276. The van der Waals surface area contributed by atoms with Crippen LogP contribution in [-0.2, 0) is 11.2 Å². The summed E-state index contributed by atoms with van der Waals surface area (Å²) in [6, 6.07) is 6.12. The van der Waals surface area contributed by atoms with Crippen molar-refractivity contribution in [2.75, 3.05) is 6.79 Å². The summed E-state index contributed by atoms with van der Waals surface area (Å²) >= 11 is 0. The van der Waals surface area contributed by atoms with Crippen LogP contribution in [0.15, 0.2) is 29.8 Å². The second kappa shape index (κ2) is 7.13. The highest BCUT2D eigenvalue weighted by molar-refractivity contribution is 5.75. The van der Waals surface area contributed by atoms with Crippen molar-refractivity contribution in [3.63, 3.8) is 0 Å². The zero-order chi connectivity index (χ0) is 14.4. The van der Waals surface area contributed by atoms with E-state index in [1.54, 1.807) is 6.92 Å². The van der Waals surface area contributed by atoms with Crippen LogP contribution in [-0.4, -0.2) is 12.6 Å². The number of ether oxygens (including phenoxy) is 2. The van der Waals surface area contributed by atoms with Gasteiger partial charge in [0.15, 0.2) is 11.5 Å². The molecular formula is C17H22O3. The van der Waals surface area contributed by atoms with Gasteiger partial charge in [-0.15, -0.1) is 0 Å². The van der Waals surface area contributed by atoms with Crippen LogP contribution in [0.5, 0.6) is 11.5 Å². The summed E-state index contributed by atoms with van der Waals surface area (Å²) in [5.74, 6) is 1.97. The molecule has 108 valence electrons. The molecule has 0 saturated heterocycles. The fourth-order valence-corrected chi connectivity index (χ4v) is 2.30. The summed E-state index contributed by atoms with van der Waals surface area (Å²) < 4.78 is 10.7. The number of aryl methyl sites for hydroxylation is 1. The van der Waals surface area contributed by atoms with Gasteiger partial charge in [-0.05, 0) is 57.2 Å². The van der Waals surface area contributed by atoms with Crippen molar-refractivity contribution >= 4 is 5.78 Å². The number of hydrogen-bond donors (Lipinski definition) is 0. The molecule has 0 fully saturated rings. The summed E-state index contributed by atoms with van der Waals surface area (Å²) in [7, 11) is 0. The highest BCUT2D eigenvalue weighted by Gasteiger charge is 2.12. The summed E-state index contributed by atoms with van der Waals surface area (Å²) in [6.45, 7) is 4.12. The van der Waals surface area contributed by atoms with Gasteiger partial charge in [-0.1, -0.05) is 17.7 Å². The number of allylic oxidation sites excluding steroid dienone is 2. The summed E-state index contributed by atoms with van der Waals surface area (Å²) in [6.07, 6.45) is 6.95. The maximum atomic E-state index is 10.9. The lowest BCUT2D eigenvalue weighted by Gasteiger charge is -2.03. The lowest BCUT2D eigenvalue weighted by Crippen LogP contribution is -1.93. The Kier molecular flexibility index (Phi) is 5.22. The van der Waals surface area contributed by atoms with E-state index in [1.807, 2.05) is 6.07 Å². The molecule has 0 atom stereocenters. The molecule has 3 nitrogen and oxygen atoms in total.